The van der Waals surface area contributed by atoms with Gasteiger partial charge < -0.3 is 19.6 Å². The van der Waals surface area contributed by atoms with E-state index in [9.17, 15) is 9.90 Å². The summed E-state index contributed by atoms with van der Waals surface area (Å²) in [4.78, 5) is 23.6. The SMILES string of the molecule is CCOC[C@H](O)CN(Cc1ccccc1)Cc1nc2scc(-c3ccccc3OC)c2c(=O)[nH]1. The van der Waals surface area contributed by atoms with Crippen molar-refractivity contribution in [2.45, 2.75) is 26.1 Å². The van der Waals surface area contributed by atoms with Crippen LogP contribution in [0.1, 0.15) is 18.3 Å². The first kappa shape index (κ1) is 24.1. The number of aromatic nitrogens is 2. The molecule has 8 heteroatoms. The minimum atomic E-state index is -0.641. The lowest BCUT2D eigenvalue weighted by molar-refractivity contribution is 0.0175. The number of benzene rings is 2. The van der Waals surface area contributed by atoms with Crippen LogP contribution >= 0.6 is 11.3 Å². The standard InChI is InChI=1S/C26H29N3O4S/c1-3-33-16-19(30)14-29(13-18-9-5-4-6-10-18)15-23-27-25(31)24-21(17-34-26(24)28-23)20-11-7-8-12-22(20)32-2/h4-12,17,19,30H,3,13-16H2,1-2H3,(H,27,28,31)/t19-/m1/s1. The second kappa shape index (κ2) is 11.4. The lowest BCUT2D eigenvalue weighted by atomic mass is 10.1. The van der Waals surface area contributed by atoms with Gasteiger partial charge in [-0.05, 0) is 18.6 Å². The Morgan fingerprint density at radius 1 is 1.09 bits per heavy atom. The molecule has 2 heterocycles. The number of ether oxygens (including phenoxy) is 2. The second-order valence-electron chi connectivity index (χ2n) is 8.01. The molecular formula is C26H29N3O4S. The van der Waals surface area contributed by atoms with Crippen LogP contribution in [0.25, 0.3) is 21.3 Å². The molecule has 4 aromatic rings. The zero-order chi connectivity index (χ0) is 23.9. The van der Waals surface area contributed by atoms with Crippen molar-refractivity contribution in [3.8, 4) is 16.9 Å². The zero-order valence-electron chi connectivity index (χ0n) is 19.4. The summed E-state index contributed by atoms with van der Waals surface area (Å²) in [5.41, 5.74) is 2.60. The number of methoxy groups -OCH3 is 1. The summed E-state index contributed by atoms with van der Waals surface area (Å²) in [6.07, 6.45) is -0.641. The van der Waals surface area contributed by atoms with Crippen molar-refractivity contribution in [2.24, 2.45) is 0 Å². The minimum absolute atomic E-state index is 0.184. The molecule has 0 saturated carbocycles. The summed E-state index contributed by atoms with van der Waals surface area (Å²) in [6.45, 7) is 4.12. The van der Waals surface area contributed by atoms with Gasteiger partial charge in [-0.2, -0.15) is 0 Å². The Balaban J connectivity index is 1.62. The van der Waals surface area contributed by atoms with Gasteiger partial charge in [-0.25, -0.2) is 4.98 Å². The van der Waals surface area contributed by atoms with Crippen molar-refractivity contribution in [2.75, 3.05) is 26.9 Å². The van der Waals surface area contributed by atoms with Crippen LogP contribution in [0.3, 0.4) is 0 Å². The van der Waals surface area contributed by atoms with E-state index in [0.717, 1.165) is 16.7 Å². The number of fused-ring (bicyclic) bond motifs is 1. The average Bonchev–Trinajstić information content (AvgIpc) is 3.27. The van der Waals surface area contributed by atoms with Crippen molar-refractivity contribution in [1.29, 1.82) is 0 Å². The number of aromatic amines is 1. The molecule has 0 spiro atoms. The van der Waals surface area contributed by atoms with Crippen molar-refractivity contribution < 1.29 is 14.6 Å². The molecular weight excluding hydrogens is 450 g/mol. The first-order valence-corrected chi connectivity index (χ1v) is 12.1. The van der Waals surface area contributed by atoms with Gasteiger partial charge >= 0.3 is 0 Å². The normalized spacial score (nSPS) is 12.4. The summed E-state index contributed by atoms with van der Waals surface area (Å²) in [5, 5.41) is 12.9. The number of aliphatic hydroxyl groups excluding tert-OH is 1. The summed E-state index contributed by atoms with van der Waals surface area (Å²) in [6, 6.07) is 17.7. The monoisotopic (exact) mass is 479 g/mol. The molecule has 0 aliphatic heterocycles. The molecule has 4 rings (SSSR count). The van der Waals surface area contributed by atoms with Gasteiger partial charge in [0.05, 0.1) is 31.8 Å². The van der Waals surface area contributed by atoms with E-state index in [1.54, 1.807) is 7.11 Å². The van der Waals surface area contributed by atoms with Gasteiger partial charge in [-0.15, -0.1) is 11.3 Å². The van der Waals surface area contributed by atoms with Crippen LogP contribution in [-0.2, 0) is 17.8 Å². The van der Waals surface area contributed by atoms with Gasteiger partial charge in [-0.3, -0.25) is 9.69 Å². The smallest absolute Gasteiger partial charge is 0.260 e. The molecule has 0 radical (unpaired) electrons. The van der Waals surface area contributed by atoms with E-state index in [-0.39, 0.29) is 12.2 Å². The number of thiophene rings is 1. The highest BCUT2D eigenvalue weighted by molar-refractivity contribution is 7.17. The summed E-state index contributed by atoms with van der Waals surface area (Å²) in [7, 11) is 1.62. The van der Waals surface area contributed by atoms with Crippen LogP contribution in [0.4, 0.5) is 0 Å². The number of nitrogens with one attached hydrogen (secondary N) is 1. The van der Waals surface area contributed by atoms with Gasteiger partial charge in [0.1, 0.15) is 16.4 Å². The highest BCUT2D eigenvalue weighted by atomic mass is 32.1. The molecule has 0 aliphatic carbocycles. The lowest BCUT2D eigenvalue weighted by Crippen LogP contribution is -2.35. The van der Waals surface area contributed by atoms with E-state index in [0.29, 0.717) is 48.0 Å². The zero-order valence-corrected chi connectivity index (χ0v) is 20.2. The van der Waals surface area contributed by atoms with Gasteiger partial charge in [0.25, 0.3) is 5.56 Å². The molecule has 0 bridgehead atoms. The third-order valence-corrected chi connectivity index (χ3v) is 6.37. The molecule has 0 fully saturated rings. The number of nitrogens with zero attached hydrogens (tertiary/aromatic N) is 2. The van der Waals surface area contributed by atoms with Crippen LogP contribution in [-0.4, -0.2) is 52.9 Å². The fourth-order valence-corrected chi connectivity index (χ4v) is 4.93. The third kappa shape index (κ3) is 5.71. The van der Waals surface area contributed by atoms with E-state index in [1.807, 2.05) is 66.9 Å². The largest absolute Gasteiger partial charge is 0.496 e. The molecule has 0 aliphatic rings. The summed E-state index contributed by atoms with van der Waals surface area (Å²) < 4.78 is 10.9. The van der Waals surface area contributed by atoms with Crippen LogP contribution in [0.5, 0.6) is 5.75 Å². The first-order chi connectivity index (χ1) is 16.6. The lowest BCUT2D eigenvalue weighted by Gasteiger charge is -2.24. The maximum atomic E-state index is 13.1. The van der Waals surface area contributed by atoms with E-state index in [1.165, 1.54) is 11.3 Å². The van der Waals surface area contributed by atoms with Crippen LogP contribution in [0, 0.1) is 0 Å². The van der Waals surface area contributed by atoms with E-state index >= 15 is 0 Å². The van der Waals surface area contributed by atoms with Crippen molar-refractivity contribution in [3.05, 3.63) is 81.7 Å². The highest BCUT2D eigenvalue weighted by Gasteiger charge is 2.18. The van der Waals surface area contributed by atoms with Gasteiger partial charge in [0.15, 0.2) is 0 Å². The number of hydrogen-bond donors (Lipinski definition) is 2. The van der Waals surface area contributed by atoms with Crippen LogP contribution in [0.2, 0.25) is 0 Å². The maximum absolute atomic E-state index is 13.1. The minimum Gasteiger partial charge on any atom is -0.496 e. The number of hydrogen-bond acceptors (Lipinski definition) is 7. The van der Waals surface area contributed by atoms with Crippen molar-refractivity contribution in [3.63, 3.8) is 0 Å². The Hall–Kier alpha value is -3.04. The van der Waals surface area contributed by atoms with E-state index in [4.69, 9.17) is 14.5 Å². The van der Waals surface area contributed by atoms with Crippen LogP contribution in [0.15, 0.2) is 64.8 Å². The Bertz CT molecular complexity index is 1270. The fourth-order valence-electron chi connectivity index (χ4n) is 3.98. The van der Waals surface area contributed by atoms with Crippen LogP contribution < -0.4 is 10.3 Å². The summed E-state index contributed by atoms with van der Waals surface area (Å²) in [5.74, 6) is 1.27. The second-order valence-corrected chi connectivity index (χ2v) is 8.87. The third-order valence-electron chi connectivity index (χ3n) is 5.50. The molecule has 2 aromatic heterocycles. The first-order valence-electron chi connectivity index (χ1n) is 11.2. The predicted molar refractivity (Wildman–Crippen MR) is 135 cm³/mol. The Morgan fingerprint density at radius 3 is 2.62 bits per heavy atom. The van der Waals surface area contributed by atoms with Gasteiger partial charge in [0.2, 0.25) is 0 Å². The van der Waals surface area contributed by atoms with Gasteiger partial charge in [0, 0.05) is 36.2 Å². The number of aliphatic hydroxyl groups is 1. The Kier molecular flexibility index (Phi) is 8.08. The van der Waals surface area contributed by atoms with Gasteiger partial charge in [-0.1, -0.05) is 48.5 Å². The highest BCUT2D eigenvalue weighted by Crippen LogP contribution is 2.36. The maximum Gasteiger partial charge on any atom is 0.260 e. The van der Waals surface area contributed by atoms with Crippen molar-refractivity contribution in [1.82, 2.24) is 14.9 Å². The quantitative estimate of drug-likeness (QED) is 0.337. The average molecular weight is 480 g/mol. The number of rotatable bonds is 11. The molecule has 0 saturated heterocycles. The summed E-state index contributed by atoms with van der Waals surface area (Å²) >= 11 is 1.44. The molecule has 1 atom stereocenters. The predicted octanol–water partition coefficient (Wildman–Crippen LogP) is 4.06. The molecule has 7 nitrogen and oxygen atoms in total. The molecule has 0 amide bonds. The van der Waals surface area contributed by atoms with E-state index < -0.39 is 6.10 Å². The van der Waals surface area contributed by atoms with Crippen molar-refractivity contribution >= 4 is 21.6 Å². The molecule has 2 N–H and O–H groups in total. The molecule has 0 unspecified atom stereocenters. The fraction of sp³-hybridized carbons (Fsp3) is 0.308. The van der Waals surface area contributed by atoms with E-state index in [2.05, 4.69) is 9.88 Å². The Morgan fingerprint density at radius 2 is 1.85 bits per heavy atom. The topological polar surface area (TPSA) is 87.7 Å². The molecule has 34 heavy (non-hydrogen) atoms. The Labute approximate surface area is 202 Å². The number of para-hydroxylation sites is 1. The molecule has 2 aromatic carbocycles. The number of H-pyrrole nitrogens is 1. The molecule has 178 valence electrons.